The van der Waals surface area contributed by atoms with E-state index < -0.39 is 12.5 Å². The van der Waals surface area contributed by atoms with Gasteiger partial charge in [0.2, 0.25) is 0 Å². The van der Waals surface area contributed by atoms with Gasteiger partial charge in [-0.3, -0.25) is 4.90 Å². The Morgan fingerprint density at radius 3 is 1.07 bits per heavy atom. The van der Waals surface area contributed by atoms with Crippen molar-refractivity contribution in [2.24, 2.45) is 0 Å². The van der Waals surface area contributed by atoms with E-state index in [9.17, 15) is 10.2 Å². The monoisotopic (exact) mass is 385 g/mol. The van der Waals surface area contributed by atoms with Crippen molar-refractivity contribution in [1.82, 2.24) is 4.90 Å². The summed E-state index contributed by atoms with van der Waals surface area (Å²) in [5.74, 6) is 0. The molecule has 2 unspecified atom stereocenters. The zero-order chi connectivity index (χ0) is 20.2. The van der Waals surface area contributed by atoms with Gasteiger partial charge in [-0.1, -0.05) is 117 Å². The topological polar surface area (TPSA) is 43.7 Å². The zero-order valence-electron chi connectivity index (χ0n) is 18.9. The van der Waals surface area contributed by atoms with Crippen LogP contribution in [0.5, 0.6) is 0 Å². The number of unbranched alkanes of at least 4 members (excludes halogenated alkanes) is 15. The quantitative estimate of drug-likeness (QED) is 0.165. The minimum atomic E-state index is -0.503. The first-order valence-corrected chi connectivity index (χ1v) is 12.3. The summed E-state index contributed by atoms with van der Waals surface area (Å²) >= 11 is 0. The largest absolute Gasteiger partial charge is 0.378 e. The van der Waals surface area contributed by atoms with Crippen molar-refractivity contribution in [3.05, 3.63) is 0 Å². The maximum Gasteiger partial charge on any atom is 0.109 e. The van der Waals surface area contributed by atoms with Crippen molar-refractivity contribution in [1.29, 1.82) is 0 Å². The van der Waals surface area contributed by atoms with Crippen LogP contribution in [0.2, 0.25) is 0 Å². The number of rotatable bonds is 21. The Bertz CT molecular complexity index is 276. The second-order valence-electron chi connectivity index (χ2n) is 8.32. The maximum absolute atomic E-state index is 10.0. The molecule has 0 saturated heterocycles. The normalized spacial score (nSPS) is 14.0. The van der Waals surface area contributed by atoms with E-state index in [1.165, 1.54) is 96.3 Å². The molecular weight excluding hydrogens is 334 g/mol. The second-order valence-corrected chi connectivity index (χ2v) is 8.32. The standard InChI is InChI=1S/C24H51NO2/c1-4-7-8-9-10-11-12-13-14-15-16-17-18-19-20-21-22-25(23(26)5-2)24(27)6-3/h23-24,26-27H,4-22H2,1-3H3. The van der Waals surface area contributed by atoms with Gasteiger partial charge in [-0.05, 0) is 19.3 Å². The van der Waals surface area contributed by atoms with Gasteiger partial charge in [0, 0.05) is 6.54 Å². The molecule has 0 aromatic rings. The molecule has 0 aliphatic rings. The number of nitrogens with zero attached hydrogens (tertiary/aromatic N) is 1. The lowest BCUT2D eigenvalue weighted by atomic mass is 10.0. The van der Waals surface area contributed by atoms with Crippen LogP contribution in [0.25, 0.3) is 0 Å². The lowest BCUT2D eigenvalue weighted by Crippen LogP contribution is -2.43. The fourth-order valence-electron chi connectivity index (χ4n) is 3.81. The van der Waals surface area contributed by atoms with Crippen molar-refractivity contribution in [3.63, 3.8) is 0 Å². The van der Waals surface area contributed by atoms with Crippen LogP contribution >= 0.6 is 0 Å². The summed E-state index contributed by atoms with van der Waals surface area (Å²) in [6.45, 7) is 7.02. The number of hydrogen-bond acceptors (Lipinski definition) is 3. The summed E-state index contributed by atoms with van der Waals surface area (Å²) in [4.78, 5) is 1.85. The average Bonchev–Trinajstić information content (AvgIpc) is 2.69. The van der Waals surface area contributed by atoms with Gasteiger partial charge in [-0.15, -0.1) is 0 Å². The highest BCUT2D eigenvalue weighted by molar-refractivity contribution is 4.64. The SMILES string of the molecule is CCCCCCCCCCCCCCCCCCN(C(O)CC)C(O)CC. The van der Waals surface area contributed by atoms with Crippen molar-refractivity contribution in [2.45, 2.75) is 149 Å². The van der Waals surface area contributed by atoms with Crippen molar-refractivity contribution < 1.29 is 10.2 Å². The molecule has 0 amide bonds. The molecule has 0 aromatic heterocycles. The molecule has 0 fully saturated rings. The molecule has 3 heteroatoms. The fourth-order valence-corrected chi connectivity index (χ4v) is 3.81. The first-order valence-electron chi connectivity index (χ1n) is 12.3. The van der Waals surface area contributed by atoms with Gasteiger partial charge in [-0.25, -0.2) is 0 Å². The molecule has 0 aliphatic carbocycles. The Morgan fingerprint density at radius 2 is 0.778 bits per heavy atom. The predicted octanol–water partition coefficient (Wildman–Crippen LogP) is 7.01. The molecule has 2 N–H and O–H groups in total. The van der Waals surface area contributed by atoms with E-state index in [1.54, 1.807) is 0 Å². The molecule has 0 spiro atoms. The van der Waals surface area contributed by atoms with E-state index >= 15 is 0 Å². The minimum absolute atomic E-state index is 0.503. The van der Waals surface area contributed by atoms with Gasteiger partial charge in [0.05, 0.1) is 0 Å². The van der Waals surface area contributed by atoms with Gasteiger partial charge < -0.3 is 10.2 Å². The first kappa shape index (κ1) is 26.9. The summed E-state index contributed by atoms with van der Waals surface area (Å²) in [5.41, 5.74) is 0. The molecule has 2 atom stereocenters. The highest BCUT2D eigenvalue weighted by Gasteiger charge is 2.19. The average molecular weight is 386 g/mol. The van der Waals surface area contributed by atoms with Crippen LogP contribution in [0.4, 0.5) is 0 Å². The molecule has 0 aromatic carbocycles. The molecule has 0 saturated carbocycles. The molecule has 0 radical (unpaired) electrons. The van der Waals surface area contributed by atoms with Gasteiger partial charge in [0.1, 0.15) is 12.5 Å². The lowest BCUT2D eigenvalue weighted by Gasteiger charge is -2.31. The lowest BCUT2D eigenvalue weighted by molar-refractivity contribution is -0.104. The molecule has 164 valence electrons. The molecule has 3 nitrogen and oxygen atoms in total. The van der Waals surface area contributed by atoms with E-state index in [2.05, 4.69) is 6.92 Å². The van der Waals surface area contributed by atoms with Crippen LogP contribution in [0.3, 0.4) is 0 Å². The van der Waals surface area contributed by atoms with Crippen LogP contribution in [-0.2, 0) is 0 Å². The highest BCUT2D eigenvalue weighted by Crippen LogP contribution is 2.15. The third-order valence-electron chi connectivity index (χ3n) is 5.77. The van der Waals surface area contributed by atoms with Gasteiger partial charge >= 0.3 is 0 Å². The summed E-state index contributed by atoms with van der Waals surface area (Å²) in [6, 6.07) is 0. The highest BCUT2D eigenvalue weighted by atomic mass is 16.3. The van der Waals surface area contributed by atoms with Gasteiger partial charge in [-0.2, -0.15) is 0 Å². The van der Waals surface area contributed by atoms with Crippen molar-refractivity contribution in [2.75, 3.05) is 6.54 Å². The molecular formula is C24H51NO2. The summed E-state index contributed by atoms with van der Waals surface area (Å²) in [5, 5.41) is 20.0. The fraction of sp³-hybridized carbons (Fsp3) is 1.00. The summed E-state index contributed by atoms with van der Waals surface area (Å²) in [7, 11) is 0. The van der Waals surface area contributed by atoms with E-state index in [-0.39, 0.29) is 0 Å². The molecule has 0 rings (SSSR count). The number of aliphatic hydroxyl groups excluding tert-OH is 2. The third kappa shape index (κ3) is 16.5. The molecule has 27 heavy (non-hydrogen) atoms. The van der Waals surface area contributed by atoms with Crippen molar-refractivity contribution in [3.8, 4) is 0 Å². The van der Waals surface area contributed by atoms with Crippen LogP contribution in [0, 0.1) is 0 Å². The summed E-state index contributed by atoms with van der Waals surface area (Å²) in [6.07, 6.45) is 22.3. The van der Waals surface area contributed by atoms with Gasteiger partial charge in [0.15, 0.2) is 0 Å². The molecule has 0 aliphatic heterocycles. The van der Waals surface area contributed by atoms with Gasteiger partial charge in [0.25, 0.3) is 0 Å². The van der Waals surface area contributed by atoms with Crippen LogP contribution in [0.15, 0.2) is 0 Å². The Morgan fingerprint density at radius 1 is 0.481 bits per heavy atom. The zero-order valence-corrected chi connectivity index (χ0v) is 18.9. The Kier molecular flexibility index (Phi) is 20.5. The number of aliphatic hydroxyl groups is 2. The van der Waals surface area contributed by atoms with E-state index in [0.29, 0.717) is 12.8 Å². The Hall–Kier alpha value is -0.120. The molecule has 0 bridgehead atoms. The van der Waals surface area contributed by atoms with E-state index in [0.717, 1.165) is 13.0 Å². The number of hydrogen-bond donors (Lipinski definition) is 2. The smallest absolute Gasteiger partial charge is 0.109 e. The Balaban J connectivity index is 3.35. The third-order valence-corrected chi connectivity index (χ3v) is 5.77. The first-order chi connectivity index (χ1) is 13.2. The predicted molar refractivity (Wildman–Crippen MR) is 119 cm³/mol. The Labute approximate surface area is 170 Å². The van der Waals surface area contributed by atoms with Crippen molar-refractivity contribution >= 4 is 0 Å². The van der Waals surface area contributed by atoms with E-state index in [1.807, 2.05) is 18.7 Å². The minimum Gasteiger partial charge on any atom is -0.378 e. The van der Waals surface area contributed by atoms with Crippen LogP contribution < -0.4 is 0 Å². The molecule has 0 heterocycles. The summed E-state index contributed by atoms with van der Waals surface area (Å²) < 4.78 is 0. The second kappa shape index (κ2) is 20.6. The maximum atomic E-state index is 10.0. The van der Waals surface area contributed by atoms with Crippen LogP contribution in [0.1, 0.15) is 136 Å². The van der Waals surface area contributed by atoms with Crippen LogP contribution in [-0.4, -0.2) is 34.1 Å². The van der Waals surface area contributed by atoms with E-state index in [4.69, 9.17) is 0 Å².